The van der Waals surface area contributed by atoms with Crippen molar-refractivity contribution in [1.82, 2.24) is 10.2 Å². The molecule has 5 nitrogen and oxygen atoms in total. The second-order valence-electron chi connectivity index (χ2n) is 3.41. The SMILES string of the molecule is Nc1cn[nH]c1C(=O)Nc1cc(Cl)c(F)c(Cl)c1. The van der Waals surface area contributed by atoms with Gasteiger partial charge in [0.1, 0.15) is 5.69 Å². The van der Waals surface area contributed by atoms with Gasteiger partial charge in [0.15, 0.2) is 5.82 Å². The molecule has 2 aromatic rings. The number of anilines is 2. The van der Waals surface area contributed by atoms with Gasteiger partial charge < -0.3 is 11.1 Å². The Labute approximate surface area is 111 Å². The minimum Gasteiger partial charge on any atom is -0.396 e. The predicted octanol–water partition coefficient (Wildman–Crippen LogP) is 2.69. The summed E-state index contributed by atoms with van der Waals surface area (Å²) in [7, 11) is 0. The Morgan fingerprint density at radius 1 is 1.39 bits per heavy atom. The zero-order valence-electron chi connectivity index (χ0n) is 8.80. The van der Waals surface area contributed by atoms with Gasteiger partial charge in [-0.3, -0.25) is 9.89 Å². The molecule has 4 N–H and O–H groups in total. The Balaban J connectivity index is 2.25. The van der Waals surface area contributed by atoms with Crippen LogP contribution in [0.3, 0.4) is 0 Å². The number of hydrogen-bond donors (Lipinski definition) is 3. The van der Waals surface area contributed by atoms with Gasteiger partial charge in [-0.25, -0.2) is 4.39 Å². The maximum absolute atomic E-state index is 13.2. The summed E-state index contributed by atoms with van der Waals surface area (Å²) in [4.78, 5) is 11.8. The Bertz CT molecular complexity index is 591. The van der Waals surface area contributed by atoms with Gasteiger partial charge in [-0.2, -0.15) is 5.10 Å². The summed E-state index contributed by atoms with van der Waals surface area (Å²) in [6.45, 7) is 0. The molecule has 0 atom stereocenters. The van der Waals surface area contributed by atoms with E-state index in [1.54, 1.807) is 0 Å². The van der Waals surface area contributed by atoms with Gasteiger partial charge in [-0.15, -0.1) is 0 Å². The largest absolute Gasteiger partial charge is 0.396 e. The van der Waals surface area contributed by atoms with Crippen LogP contribution >= 0.6 is 23.2 Å². The molecule has 1 aromatic carbocycles. The summed E-state index contributed by atoms with van der Waals surface area (Å²) in [5, 5.41) is 8.15. The average molecular weight is 289 g/mol. The van der Waals surface area contributed by atoms with Crippen molar-refractivity contribution in [3.63, 3.8) is 0 Å². The Kier molecular flexibility index (Phi) is 3.40. The lowest BCUT2D eigenvalue weighted by Gasteiger charge is -2.06. The van der Waals surface area contributed by atoms with Crippen molar-refractivity contribution in [2.75, 3.05) is 11.1 Å². The van der Waals surface area contributed by atoms with Crippen molar-refractivity contribution in [2.45, 2.75) is 0 Å². The smallest absolute Gasteiger partial charge is 0.275 e. The highest BCUT2D eigenvalue weighted by atomic mass is 35.5. The number of carbonyl (C=O) groups excluding carboxylic acids is 1. The van der Waals surface area contributed by atoms with Gasteiger partial charge in [0.25, 0.3) is 5.91 Å². The van der Waals surface area contributed by atoms with Crippen molar-refractivity contribution in [2.24, 2.45) is 0 Å². The number of nitrogens with one attached hydrogen (secondary N) is 2. The number of aromatic amines is 1. The molecule has 8 heteroatoms. The second-order valence-corrected chi connectivity index (χ2v) is 4.22. The zero-order chi connectivity index (χ0) is 13.3. The minimum absolute atomic E-state index is 0.103. The molecular formula is C10H7Cl2FN4O. The molecule has 1 aromatic heterocycles. The number of aromatic nitrogens is 2. The van der Waals surface area contributed by atoms with Gasteiger partial charge in [-0.05, 0) is 12.1 Å². The fourth-order valence-corrected chi connectivity index (χ4v) is 1.79. The molecule has 0 aliphatic rings. The number of nitrogens with zero attached hydrogens (tertiary/aromatic N) is 1. The first-order chi connectivity index (χ1) is 8.49. The number of benzene rings is 1. The first-order valence-corrected chi connectivity index (χ1v) is 5.49. The normalized spacial score (nSPS) is 10.4. The Hall–Kier alpha value is -1.79. The molecular weight excluding hydrogens is 282 g/mol. The monoisotopic (exact) mass is 288 g/mol. The number of hydrogen-bond acceptors (Lipinski definition) is 3. The Morgan fingerprint density at radius 2 is 2.00 bits per heavy atom. The summed E-state index contributed by atoms with van der Waals surface area (Å²) in [5.41, 5.74) is 6.07. The van der Waals surface area contributed by atoms with Crippen molar-refractivity contribution in [3.05, 3.63) is 39.9 Å². The number of amides is 1. The van der Waals surface area contributed by atoms with Crippen LogP contribution in [0.5, 0.6) is 0 Å². The standard InChI is InChI=1S/C10H7Cl2FN4O/c11-5-1-4(2-6(12)8(5)13)16-10(18)9-7(14)3-15-17-9/h1-3H,14H2,(H,15,17)(H,16,18). The van der Waals surface area contributed by atoms with E-state index in [0.717, 1.165) is 0 Å². The highest BCUT2D eigenvalue weighted by Gasteiger charge is 2.14. The van der Waals surface area contributed by atoms with E-state index in [4.69, 9.17) is 28.9 Å². The highest BCUT2D eigenvalue weighted by molar-refractivity contribution is 6.35. The van der Waals surface area contributed by atoms with Crippen molar-refractivity contribution in [3.8, 4) is 0 Å². The van der Waals surface area contributed by atoms with E-state index in [9.17, 15) is 9.18 Å². The first-order valence-electron chi connectivity index (χ1n) is 4.73. The van der Waals surface area contributed by atoms with E-state index in [1.165, 1.54) is 18.3 Å². The zero-order valence-corrected chi connectivity index (χ0v) is 10.3. The summed E-state index contributed by atoms with van der Waals surface area (Å²) < 4.78 is 13.2. The van der Waals surface area contributed by atoms with Crippen LogP contribution in [0.25, 0.3) is 0 Å². The number of carbonyl (C=O) groups is 1. The van der Waals surface area contributed by atoms with E-state index in [2.05, 4.69) is 15.5 Å². The maximum Gasteiger partial charge on any atom is 0.275 e. The molecule has 1 heterocycles. The van der Waals surface area contributed by atoms with Crippen LogP contribution in [0.15, 0.2) is 18.3 Å². The van der Waals surface area contributed by atoms with Gasteiger partial charge in [0, 0.05) is 5.69 Å². The number of halogens is 3. The molecule has 94 valence electrons. The number of H-pyrrole nitrogens is 1. The van der Waals surface area contributed by atoms with Crippen LogP contribution in [0.1, 0.15) is 10.5 Å². The molecule has 0 fully saturated rings. The molecule has 0 saturated carbocycles. The van der Waals surface area contributed by atoms with Gasteiger partial charge >= 0.3 is 0 Å². The summed E-state index contributed by atoms with van der Waals surface area (Å²) >= 11 is 11.2. The van der Waals surface area contributed by atoms with Gasteiger partial charge in [0.05, 0.1) is 21.9 Å². The molecule has 0 radical (unpaired) electrons. The third-order valence-electron chi connectivity index (χ3n) is 2.14. The number of nitrogen functional groups attached to an aromatic ring is 1. The van der Waals surface area contributed by atoms with Gasteiger partial charge in [0.2, 0.25) is 0 Å². The van der Waals surface area contributed by atoms with Crippen LogP contribution in [0, 0.1) is 5.82 Å². The topological polar surface area (TPSA) is 83.8 Å². The molecule has 0 aliphatic heterocycles. The summed E-state index contributed by atoms with van der Waals surface area (Å²) in [6, 6.07) is 2.49. The third kappa shape index (κ3) is 2.39. The summed E-state index contributed by atoms with van der Waals surface area (Å²) in [5.74, 6) is -1.26. The molecule has 18 heavy (non-hydrogen) atoms. The highest BCUT2D eigenvalue weighted by Crippen LogP contribution is 2.27. The van der Waals surface area contributed by atoms with E-state index in [-0.39, 0.29) is 27.1 Å². The Morgan fingerprint density at radius 3 is 2.50 bits per heavy atom. The van der Waals surface area contributed by atoms with Crippen LogP contribution in [-0.4, -0.2) is 16.1 Å². The molecule has 1 amide bonds. The minimum atomic E-state index is -0.739. The second kappa shape index (κ2) is 4.83. The quantitative estimate of drug-likeness (QED) is 0.743. The fraction of sp³-hybridized carbons (Fsp3) is 0. The molecule has 0 aliphatic carbocycles. The lowest BCUT2D eigenvalue weighted by Crippen LogP contribution is -2.14. The lowest BCUT2D eigenvalue weighted by molar-refractivity contribution is 0.102. The summed E-state index contributed by atoms with van der Waals surface area (Å²) in [6.07, 6.45) is 1.31. The van der Waals surface area contributed by atoms with E-state index < -0.39 is 11.7 Å². The van der Waals surface area contributed by atoms with E-state index in [0.29, 0.717) is 0 Å². The van der Waals surface area contributed by atoms with Crippen LogP contribution in [-0.2, 0) is 0 Å². The number of rotatable bonds is 2. The predicted molar refractivity (Wildman–Crippen MR) is 67.4 cm³/mol. The van der Waals surface area contributed by atoms with Crippen LogP contribution in [0.2, 0.25) is 10.0 Å². The number of nitrogens with two attached hydrogens (primary N) is 1. The fourth-order valence-electron chi connectivity index (χ4n) is 1.30. The third-order valence-corrected chi connectivity index (χ3v) is 2.69. The van der Waals surface area contributed by atoms with Crippen molar-refractivity contribution >= 4 is 40.5 Å². The van der Waals surface area contributed by atoms with Gasteiger partial charge in [-0.1, -0.05) is 23.2 Å². The maximum atomic E-state index is 13.2. The molecule has 0 bridgehead atoms. The van der Waals surface area contributed by atoms with E-state index >= 15 is 0 Å². The average Bonchev–Trinajstić information content (AvgIpc) is 2.72. The molecule has 2 rings (SSSR count). The van der Waals surface area contributed by atoms with E-state index in [1.807, 2.05) is 0 Å². The molecule has 0 unspecified atom stereocenters. The first kappa shape index (κ1) is 12.7. The van der Waals surface area contributed by atoms with Crippen molar-refractivity contribution < 1.29 is 9.18 Å². The lowest BCUT2D eigenvalue weighted by atomic mass is 10.3. The molecule has 0 saturated heterocycles. The van der Waals surface area contributed by atoms with Crippen molar-refractivity contribution in [1.29, 1.82) is 0 Å². The molecule has 0 spiro atoms. The van der Waals surface area contributed by atoms with Crippen LogP contribution in [0.4, 0.5) is 15.8 Å². The van der Waals surface area contributed by atoms with Crippen LogP contribution < -0.4 is 11.1 Å².